The van der Waals surface area contributed by atoms with Gasteiger partial charge >= 0.3 is 6.09 Å². The van der Waals surface area contributed by atoms with Crippen LogP contribution in [0.4, 0.5) is 4.79 Å². The van der Waals surface area contributed by atoms with Crippen LogP contribution in [0.5, 0.6) is 0 Å². The minimum atomic E-state index is -0.773. The molecule has 2 saturated heterocycles. The van der Waals surface area contributed by atoms with Gasteiger partial charge in [0, 0.05) is 35.2 Å². The number of thioether (sulfide) groups is 1. The van der Waals surface area contributed by atoms with Gasteiger partial charge in [-0.3, -0.25) is 0 Å². The van der Waals surface area contributed by atoms with E-state index in [0.29, 0.717) is 0 Å². The molecule has 0 bridgehead atoms. The van der Waals surface area contributed by atoms with Crippen molar-refractivity contribution in [3.8, 4) is 0 Å². The monoisotopic (exact) mass is 349 g/mol. The molecular weight excluding hydrogens is 322 g/mol. The summed E-state index contributed by atoms with van der Waals surface area (Å²) >= 11 is 1.83. The Balaban J connectivity index is 1.31. The molecule has 2 aliphatic heterocycles. The Labute approximate surface area is 148 Å². The second-order valence-corrected chi connectivity index (χ2v) is 8.25. The number of hydrogen-bond acceptors (Lipinski definition) is 4. The lowest BCUT2D eigenvalue weighted by Gasteiger charge is -2.53. The molecule has 0 saturated carbocycles. The fraction of sp³-hybridized carbons (Fsp3) is 0.611. The molecule has 0 unspecified atom stereocenters. The van der Waals surface area contributed by atoms with Crippen LogP contribution in [0.3, 0.4) is 0 Å². The lowest BCUT2D eigenvalue weighted by molar-refractivity contribution is -0.0340. The zero-order valence-corrected chi connectivity index (χ0v) is 14.9. The van der Waals surface area contributed by atoms with Crippen LogP contribution >= 0.6 is 11.8 Å². The second-order valence-electron chi connectivity index (χ2n) is 7.15. The van der Waals surface area contributed by atoms with E-state index in [0.717, 1.165) is 57.7 Å². The fourth-order valence-electron chi connectivity index (χ4n) is 3.62. The first-order chi connectivity index (χ1) is 11.6. The average molecular weight is 350 g/mol. The number of benzene rings is 1. The molecule has 24 heavy (non-hydrogen) atoms. The molecular formula is C18H27N3O2S. The average Bonchev–Trinajstić information content (AvgIpc) is 2.57. The van der Waals surface area contributed by atoms with Gasteiger partial charge in [-0.1, -0.05) is 18.2 Å². The number of likely N-dealkylation sites (tertiary alicyclic amines) is 2. The van der Waals surface area contributed by atoms with E-state index < -0.39 is 6.09 Å². The van der Waals surface area contributed by atoms with Gasteiger partial charge in [-0.25, -0.2) is 4.79 Å². The molecule has 2 fully saturated rings. The first-order valence-electron chi connectivity index (χ1n) is 8.70. The van der Waals surface area contributed by atoms with E-state index >= 15 is 0 Å². The molecule has 0 aromatic heterocycles. The molecule has 0 aliphatic carbocycles. The van der Waals surface area contributed by atoms with Gasteiger partial charge in [-0.15, -0.1) is 11.8 Å². The van der Waals surface area contributed by atoms with Crippen LogP contribution in [-0.2, 0) is 0 Å². The second kappa shape index (κ2) is 7.76. The van der Waals surface area contributed by atoms with Crippen molar-refractivity contribution < 1.29 is 9.90 Å². The van der Waals surface area contributed by atoms with E-state index in [-0.39, 0.29) is 11.5 Å². The molecule has 0 radical (unpaired) electrons. The van der Waals surface area contributed by atoms with Crippen LogP contribution in [0, 0.1) is 5.41 Å². The van der Waals surface area contributed by atoms with E-state index in [2.05, 4.69) is 29.2 Å². The van der Waals surface area contributed by atoms with Crippen molar-refractivity contribution in [2.45, 2.75) is 30.2 Å². The van der Waals surface area contributed by atoms with Gasteiger partial charge in [0.2, 0.25) is 0 Å². The maximum Gasteiger partial charge on any atom is 0.407 e. The summed E-state index contributed by atoms with van der Waals surface area (Å²) in [4.78, 5) is 16.2. The zero-order valence-electron chi connectivity index (χ0n) is 14.1. The molecule has 3 N–H and O–H groups in total. The quantitative estimate of drug-likeness (QED) is 0.773. The molecule has 6 heteroatoms. The maximum atomic E-state index is 10.9. The number of rotatable bonds is 6. The smallest absolute Gasteiger partial charge is 0.407 e. The normalized spacial score (nSPS) is 21.5. The summed E-state index contributed by atoms with van der Waals surface area (Å²) in [5, 5.41) is 8.98. The van der Waals surface area contributed by atoms with Crippen molar-refractivity contribution in [1.29, 1.82) is 0 Å². The molecule has 1 aromatic rings. The third-order valence-corrected chi connectivity index (χ3v) is 6.46. The van der Waals surface area contributed by atoms with Gasteiger partial charge in [-0.2, -0.15) is 0 Å². The van der Waals surface area contributed by atoms with Gasteiger partial charge < -0.3 is 20.6 Å². The number of carbonyl (C=O) groups is 1. The SMILES string of the molecule is N[C@H](CCN1CCC2(CC1)CN(C(=O)O)C2)CSc1ccccc1. The third kappa shape index (κ3) is 4.43. The summed E-state index contributed by atoms with van der Waals surface area (Å²) in [5.41, 5.74) is 6.53. The van der Waals surface area contributed by atoms with E-state index in [1.54, 1.807) is 0 Å². The highest BCUT2D eigenvalue weighted by molar-refractivity contribution is 7.99. The lowest BCUT2D eigenvalue weighted by atomic mass is 9.72. The van der Waals surface area contributed by atoms with Crippen molar-refractivity contribution in [3.63, 3.8) is 0 Å². The van der Waals surface area contributed by atoms with Crippen molar-refractivity contribution >= 4 is 17.9 Å². The summed E-state index contributed by atoms with van der Waals surface area (Å²) in [6.07, 6.45) is 2.48. The summed E-state index contributed by atoms with van der Waals surface area (Å²) < 4.78 is 0. The van der Waals surface area contributed by atoms with Crippen molar-refractivity contribution in [3.05, 3.63) is 30.3 Å². The first kappa shape index (κ1) is 17.6. The van der Waals surface area contributed by atoms with Gasteiger partial charge in [0.05, 0.1) is 0 Å². The molecule has 2 aliphatic rings. The molecule has 1 amide bonds. The summed E-state index contributed by atoms with van der Waals surface area (Å²) in [5.74, 6) is 0.954. The Morgan fingerprint density at radius 1 is 1.25 bits per heavy atom. The third-order valence-electron chi connectivity index (χ3n) is 5.26. The number of nitrogens with two attached hydrogens (primary N) is 1. The Bertz CT molecular complexity index is 538. The predicted octanol–water partition coefficient (Wildman–Crippen LogP) is 2.57. The van der Waals surface area contributed by atoms with Crippen LogP contribution in [0.2, 0.25) is 0 Å². The van der Waals surface area contributed by atoms with Gasteiger partial charge in [0.25, 0.3) is 0 Å². The number of nitrogens with zero attached hydrogens (tertiary/aromatic N) is 2. The zero-order chi connectivity index (χ0) is 17.0. The lowest BCUT2D eigenvalue weighted by Crippen LogP contribution is -2.61. The summed E-state index contributed by atoms with van der Waals surface area (Å²) in [6, 6.07) is 10.6. The molecule has 1 aromatic carbocycles. The van der Waals surface area contributed by atoms with Crippen LogP contribution in [0.25, 0.3) is 0 Å². The molecule has 1 atom stereocenters. The first-order valence-corrected chi connectivity index (χ1v) is 9.69. The Morgan fingerprint density at radius 2 is 1.92 bits per heavy atom. The topological polar surface area (TPSA) is 69.8 Å². The summed E-state index contributed by atoms with van der Waals surface area (Å²) in [6.45, 7) is 4.65. The molecule has 1 spiro atoms. The van der Waals surface area contributed by atoms with E-state index in [1.165, 1.54) is 9.80 Å². The van der Waals surface area contributed by atoms with Crippen LogP contribution < -0.4 is 5.73 Å². The highest BCUT2D eigenvalue weighted by Crippen LogP contribution is 2.40. The van der Waals surface area contributed by atoms with E-state index in [4.69, 9.17) is 10.8 Å². The highest BCUT2D eigenvalue weighted by Gasteiger charge is 2.46. The van der Waals surface area contributed by atoms with Crippen molar-refractivity contribution in [2.24, 2.45) is 11.1 Å². The minimum absolute atomic E-state index is 0.220. The van der Waals surface area contributed by atoms with Gasteiger partial charge in [0.1, 0.15) is 0 Å². The Hall–Kier alpha value is -1.24. The van der Waals surface area contributed by atoms with Crippen LogP contribution in [0.1, 0.15) is 19.3 Å². The number of hydrogen-bond donors (Lipinski definition) is 2. The highest BCUT2D eigenvalue weighted by atomic mass is 32.2. The number of amides is 1. The van der Waals surface area contributed by atoms with E-state index in [1.807, 2.05) is 17.8 Å². The van der Waals surface area contributed by atoms with Crippen LogP contribution in [0.15, 0.2) is 35.2 Å². The van der Waals surface area contributed by atoms with E-state index in [9.17, 15) is 4.79 Å². The number of piperidine rings is 1. The van der Waals surface area contributed by atoms with Crippen molar-refractivity contribution in [2.75, 3.05) is 38.5 Å². The standard InChI is InChI=1S/C18H27N3O2S/c19-15(12-24-16-4-2-1-3-5-16)6-9-20-10-7-18(8-11-20)13-21(14-18)17(22)23/h1-5,15H,6-14,19H2,(H,22,23)/t15-/m1/s1. The maximum absolute atomic E-state index is 10.9. The fourth-order valence-corrected chi connectivity index (χ4v) is 4.54. The molecule has 3 rings (SSSR count). The Kier molecular flexibility index (Phi) is 5.69. The molecule has 2 heterocycles. The largest absolute Gasteiger partial charge is 0.465 e. The van der Waals surface area contributed by atoms with Gasteiger partial charge in [0.15, 0.2) is 0 Å². The van der Waals surface area contributed by atoms with Crippen LogP contribution in [-0.4, -0.2) is 65.5 Å². The Morgan fingerprint density at radius 3 is 2.54 bits per heavy atom. The summed E-state index contributed by atoms with van der Waals surface area (Å²) in [7, 11) is 0. The number of carboxylic acid groups (broad SMARTS) is 1. The molecule has 5 nitrogen and oxygen atoms in total. The van der Waals surface area contributed by atoms with Gasteiger partial charge in [-0.05, 0) is 51.0 Å². The molecule has 132 valence electrons. The minimum Gasteiger partial charge on any atom is -0.465 e. The predicted molar refractivity (Wildman–Crippen MR) is 97.5 cm³/mol. The van der Waals surface area contributed by atoms with Crippen molar-refractivity contribution in [1.82, 2.24) is 9.80 Å².